The summed E-state index contributed by atoms with van der Waals surface area (Å²) in [7, 11) is -1.22. The molecule has 0 bridgehead atoms. The van der Waals surface area contributed by atoms with Gasteiger partial charge in [0.2, 0.25) is 0 Å². The molecule has 0 aliphatic rings. The van der Waals surface area contributed by atoms with E-state index in [0.717, 1.165) is 10.0 Å². The molecular formula is C15H12BrClO3S. The van der Waals surface area contributed by atoms with Crippen LogP contribution in [0.1, 0.15) is 11.1 Å². The van der Waals surface area contributed by atoms with Crippen molar-refractivity contribution in [2.45, 2.75) is 17.1 Å². The van der Waals surface area contributed by atoms with Gasteiger partial charge in [0.15, 0.2) is 0 Å². The predicted molar refractivity (Wildman–Crippen MR) is 87.0 cm³/mol. The molecule has 6 heteroatoms. The summed E-state index contributed by atoms with van der Waals surface area (Å²) < 4.78 is 13.2. The minimum Gasteiger partial charge on any atom is -0.481 e. The van der Waals surface area contributed by atoms with Gasteiger partial charge in [0, 0.05) is 14.4 Å². The van der Waals surface area contributed by atoms with E-state index in [2.05, 4.69) is 15.9 Å². The lowest BCUT2D eigenvalue weighted by molar-refractivity contribution is -0.136. The summed E-state index contributed by atoms with van der Waals surface area (Å²) in [6.45, 7) is 0. The summed E-state index contributed by atoms with van der Waals surface area (Å²) >= 11 is 9.44. The number of hydrogen-bond donors (Lipinski definition) is 1. The van der Waals surface area contributed by atoms with Crippen LogP contribution in [0, 0.1) is 0 Å². The van der Waals surface area contributed by atoms with Crippen LogP contribution in [0.15, 0.2) is 51.8 Å². The van der Waals surface area contributed by atoms with E-state index in [1.165, 1.54) is 0 Å². The second kappa shape index (κ2) is 7.20. The normalized spacial score (nSPS) is 12.1. The first-order valence-corrected chi connectivity index (χ1v) is 8.58. The van der Waals surface area contributed by atoms with Gasteiger partial charge in [0.05, 0.1) is 23.0 Å². The van der Waals surface area contributed by atoms with Crippen LogP contribution in [-0.4, -0.2) is 15.3 Å². The molecule has 0 fully saturated rings. The molecule has 1 atom stereocenters. The fourth-order valence-electron chi connectivity index (χ4n) is 1.80. The maximum Gasteiger partial charge on any atom is 0.307 e. The monoisotopic (exact) mass is 386 g/mol. The van der Waals surface area contributed by atoms with E-state index in [1.54, 1.807) is 30.3 Å². The zero-order valence-corrected chi connectivity index (χ0v) is 14.0. The Morgan fingerprint density at radius 1 is 1.19 bits per heavy atom. The van der Waals surface area contributed by atoms with Crippen LogP contribution in [0.5, 0.6) is 0 Å². The van der Waals surface area contributed by atoms with Crippen molar-refractivity contribution in [3.8, 4) is 0 Å². The standard InChI is InChI=1S/C15H12BrClO3S/c16-12-4-3-11(14(17)8-12)9-21(20)13-5-1-10(2-6-13)7-15(18)19/h1-6,8H,7,9H2,(H,18,19). The maximum absolute atomic E-state index is 12.3. The molecule has 2 rings (SSSR count). The third kappa shape index (κ3) is 4.66. The molecule has 2 aromatic rings. The Morgan fingerprint density at radius 3 is 2.43 bits per heavy atom. The number of carboxylic acid groups (broad SMARTS) is 1. The Kier molecular flexibility index (Phi) is 5.56. The fraction of sp³-hybridized carbons (Fsp3) is 0.133. The lowest BCUT2D eigenvalue weighted by Gasteiger charge is -2.06. The number of halogens is 2. The van der Waals surface area contributed by atoms with Gasteiger partial charge in [-0.15, -0.1) is 0 Å². The Bertz CT molecular complexity index is 686. The van der Waals surface area contributed by atoms with Crippen LogP contribution in [0.25, 0.3) is 0 Å². The SMILES string of the molecule is O=C(O)Cc1ccc(S(=O)Cc2ccc(Br)cc2Cl)cc1. The highest BCUT2D eigenvalue weighted by molar-refractivity contribution is 9.10. The van der Waals surface area contributed by atoms with Crippen molar-refractivity contribution in [2.75, 3.05) is 0 Å². The molecular weight excluding hydrogens is 376 g/mol. The molecule has 0 saturated heterocycles. The van der Waals surface area contributed by atoms with Gasteiger partial charge in [-0.1, -0.05) is 45.7 Å². The van der Waals surface area contributed by atoms with Gasteiger partial charge in [0.1, 0.15) is 0 Å². The molecule has 0 spiro atoms. The molecule has 3 nitrogen and oxygen atoms in total. The number of benzene rings is 2. The Labute approximate surface area is 138 Å². The van der Waals surface area contributed by atoms with Gasteiger partial charge in [-0.2, -0.15) is 0 Å². The topological polar surface area (TPSA) is 54.4 Å². The van der Waals surface area contributed by atoms with E-state index in [4.69, 9.17) is 16.7 Å². The van der Waals surface area contributed by atoms with E-state index in [0.29, 0.717) is 21.2 Å². The number of carboxylic acids is 1. The highest BCUT2D eigenvalue weighted by Crippen LogP contribution is 2.24. The molecule has 1 N–H and O–H groups in total. The van der Waals surface area contributed by atoms with E-state index in [9.17, 15) is 9.00 Å². The molecule has 0 amide bonds. The summed E-state index contributed by atoms with van der Waals surface area (Å²) in [5, 5.41) is 9.28. The summed E-state index contributed by atoms with van der Waals surface area (Å²) in [5.41, 5.74) is 1.50. The number of hydrogen-bond acceptors (Lipinski definition) is 2. The third-order valence-electron chi connectivity index (χ3n) is 2.84. The summed E-state index contributed by atoms with van der Waals surface area (Å²) in [6.07, 6.45) is -0.0363. The van der Waals surface area contributed by atoms with Crippen molar-refractivity contribution in [1.29, 1.82) is 0 Å². The minimum absolute atomic E-state index is 0.0363. The van der Waals surface area contributed by atoms with Crippen LogP contribution < -0.4 is 0 Å². The fourth-order valence-corrected chi connectivity index (χ4v) is 3.76. The van der Waals surface area contributed by atoms with Crippen molar-refractivity contribution in [3.63, 3.8) is 0 Å². The molecule has 1 unspecified atom stereocenters. The van der Waals surface area contributed by atoms with E-state index in [-0.39, 0.29) is 6.42 Å². The molecule has 110 valence electrons. The van der Waals surface area contributed by atoms with Crippen molar-refractivity contribution in [1.82, 2.24) is 0 Å². The van der Waals surface area contributed by atoms with Crippen molar-refractivity contribution < 1.29 is 14.1 Å². The largest absolute Gasteiger partial charge is 0.481 e. The van der Waals surface area contributed by atoms with Crippen molar-refractivity contribution in [2.24, 2.45) is 0 Å². The van der Waals surface area contributed by atoms with Gasteiger partial charge < -0.3 is 5.11 Å². The zero-order valence-electron chi connectivity index (χ0n) is 10.9. The van der Waals surface area contributed by atoms with Crippen LogP contribution in [0.3, 0.4) is 0 Å². The van der Waals surface area contributed by atoms with Gasteiger partial charge in [0.25, 0.3) is 0 Å². The maximum atomic E-state index is 12.3. The Morgan fingerprint density at radius 2 is 1.86 bits per heavy atom. The molecule has 2 aromatic carbocycles. The highest BCUT2D eigenvalue weighted by Gasteiger charge is 2.09. The van der Waals surface area contributed by atoms with E-state index < -0.39 is 16.8 Å². The number of aliphatic carboxylic acids is 1. The summed E-state index contributed by atoms with van der Waals surface area (Å²) in [5.74, 6) is -0.560. The third-order valence-corrected chi connectivity index (χ3v) is 5.06. The quantitative estimate of drug-likeness (QED) is 0.842. The second-order valence-electron chi connectivity index (χ2n) is 4.44. The lowest BCUT2D eigenvalue weighted by atomic mass is 10.2. The number of rotatable bonds is 5. The van der Waals surface area contributed by atoms with Crippen LogP contribution in [0.2, 0.25) is 5.02 Å². The molecule has 0 aliphatic heterocycles. The first-order chi connectivity index (χ1) is 9.95. The van der Waals surface area contributed by atoms with Gasteiger partial charge in [-0.3, -0.25) is 9.00 Å². The first kappa shape index (κ1) is 16.2. The van der Waals surface area contributed by atoms with Crippen molar-refractivity contribution >= 4 is 44.3 Å². The molecule has 0 aliphatic carbocycles. The van der Waals surface area contributed by atoms with Crippen LogP contribution >= 0.6 is 27.5 Å². The van der Waals surface area contributed by atoms with E-state index >= 15 is 0 Å². The average Bonchev–Trinajstić information content (AvgIpc) is 2.42. The van der Waals surface area contributed by atoms with Gasteiger partial charge in [-0.25, -0.2) is 0 Å². The highest BCUT2D eigenvalue weighted by atomic mass is 79.9. The zero-order chi connectivity index (χ0) is 15.4. The average molecular weight is 388 g/mol. The summed E-state index contributed by atoms with van der Waals surface area (Å²) in [4.78, 5) is 11.3. The number of carbonyl (C=O) groups is 1. The van der Waals surface area contributed by atoms with Gasteiger partial charge in [-0.05, 0) is 35.4 Å². The molecule has 0 aromatic heterocycles. The van der Waals surface area contributed by atoms with Crippen LogP contribution in [0.4, 0.5) is 0 Å². The Hall–Kier alpha value is -1.17. The smallest absolute Gasteiger partial charge is 0.307 e. The molecule has 0 heterocycles. The summed E-state index contributed by atoms with van der Waals surface area (Å²) in [6, 6.07) is 12.2. The molecule has 0 saturated carbocycles. The second-order valence-corrected chi connectivity index (χ2v) is 7.21. The lowest BCUT2D eigenvalue weighted by Crippen LogP contribution is -2.01. The minimum atomic E-state index is -1.22. The van der Waals surface area contributed by atoms with Crippen LogP contribution in [-0.2, 0) is 27.8 Å². The van der Waals surface area contributed by atoms with Gasteiger partial charge >= 0.3 is 5.97 Å². The predicted octanol–water partition coefficient (Wildman–Crippen LogP) is 4.04. The molecule has 21 heavy (non-hydrogen) atoms. The molecule has 0 radical (unpaired) electrons. The first-order valence-electron chi connectivity index (χ1n) is 6.09. The van der Waals surface area contributed by atoms with Crippen molar-refractivity contribution in [3.05, 3.63) is 63.1 Å². The van der Waals surface area contributed by atoms with E-state index in [1.807, 2.05) is 12.1 Å². The Balaban J connectivity index is 2.11.